The fraction of sp³-hybridized carbons (Fsp3) is 0.111. The van der Waals surface area contributed by atoms with Crippen LogP contribution in [-0.4, -0.2) is 17.6 Å². The van der Waals surface area contributed by atoms with Crippen LogP contribution in [0.1, 0.15) is 12.5 Å². The number of hydrogen-bond donors (Lipinski definition) is 2. The molecule has 0 heterocycles. The van der Waals surface area contributed by atoms with Crippen molar-refractivity contribution in [3.8, 4) is 0 Å². The van der Waals surface area contributed by atoms with Gasteiger partial charge in [0.25, 0.3) is 5.76 Å². The molecule has 26 heavy (non-hydrogen) atoms. The van der Waals surface area contributed by atoms with Crippen LogP contribution in [0.5, 0.6) is 0 Å². The third-order valence-corrected chi connectivity index (χ3v) is 4.37. The Morgan fingerprint density at radius 3 is 2.42 bits per heavy atom. The van der Waals surface area contributed by atoms with Gasteiger partial charge in [0.1, 0.15) is 0 Å². The first-order chi connectivity index (χ1) is 12.3. The Hall–Kier alpha value is -2.38. The van der Waals surface area contributed by atoms with Crippen molar-refractivity contribution >= 4 is 52.6 Å². The van der Waals surface area contributed by atoms with Crippen molar-refractivity contribution in [3.05, 3.63) is 59.1 Å². The summed E-state index contributed by atoms with van der Waals surface area (Å²) in [6.07, 6.45) is 2.85. The van der Waals surface area contributed by atoms with E-state index in [1.807, 2.05) is 0 Å². The zero-order valence-corrected chi connectivity index (χ0v) is 15.2. The lowest BCUT2D eigenvalue weighted by Crippen LogP contribution is -2.09. The fourth-order valence-corrected chi connectivity index (χ4v) is 2.96. The summed E-state index contributed by atoms with van der Waals surface area (Å²) < 4.78 is 25.3. The predicted molar refractivity (Wildman–Crippen MR) is 102 cm³/mol. The van der Waals surface area contributed by atoms with Crippen LogP contribution >= 0.6 is 23.4 Å². The van der Waals surface area contributed by atoms with E-state index < -0.39 is 11.7 Å². The summed E-state index contributed by atoms with van der Waals surface area (Å²) in [7, 11) is 0. The van der Waals surface area contributed by atoms with Crippen LogP contribution in [0.2, 0.25) is 5.02 Å². The predicted octanol–water partition coefficient (Wildman–Crippen LogP) is 5.27. The summed E-state index contributed by atoms with van der Waals surface area (Å²) in [6.45, 7) is 1.41. The van der Waals surface area contributed by atoms with Gasteiger partial charge in [0.05, 0.1) is 15.6 Å². The molecule has 0 bridgehead atoms. The van der Waals surface area contributed by atoms with Gasteiger partial charge in [-0.2, -0.15) is 8.78 Å². The minimum Gasteiger partial charge on any atom is -0.326 e. The minimum absolute atomic E-state index is 0.116. The number of benzene rings is 2. The maximum Gasteiger partial charge on any atom is 0.289 e. The van der Waals surface area contributed by atoms with E-state index >= 15 is 0 Å². The van der Waals surface area contributed by atoms with Gasteiger partial charge in [-0.3, -0.25) is 9.59 Å². The lowest BCUT2D eigenvalue weighted by Gasteiger charge is -2.10. The van der Waals surface area contributed by atoms with Crippen molar-refractivity contribution in [2.24, 2.45) is 0 Å². The van der Waals surface area contributed by atoms with Gasteiger partial charge >= 0.3 is 0 Å². The lowest BCUT2D eigenvalue weighted by atomic mass is 10.2. The molecule has 0 atom stereocenters. The van der Waals surface area contributed by atoms with E-state index in [-0.39, 0.29) is 33.3 Å². The van der Waals surface area contributed by atoms with Crippen LogP contribution < -0.4 is 10.6 Å². The SMILES string of the molecule is CC(=O)Nc1ccc(/C=C/C(=O)Nc2cccc(Cl)c2SC(F)F)cc1. The second-order valence-corrected chi connectivity index (χ2v) is 6.53. The van der Waals surface area contributed by atoms with Gasteiger partial charge < -0.3 is 10.6 Å². The van der Waals surface area contributed by atoms with Gasteiger partial charge in [-0.05, 0) is 35.9 Å². The van der Waals surface area contributed by atoms with Gasteiger partial charge in [-0.15, -0.1) is 0 Å². The Bertz CT molecular complexity index is 826. The Kier molecular flexibility index (Phi) is 7.17. The molecule has 0 saturated carbocycles. The van der Waals surface area contributed by atoms with Crippen LogP contribution in [0, 0.1) is 0 Å². The molecular weight excluding hydrogens is 382 g/mol. The van der Waals surface area contributed by atoms with Gasteiger partial charge in [0, 0.05) is 18.7 Å². The Labute approximate surface area is 158 Å². The first kappa shape index (κ1) is 19.9. The minimum atomic E-state index is -2.65. The molecule has 0 aliphatic heterocycles. The number of hydrogen-bond acceptors (Lipinski definition) is 3. The Morgan fingerprint density at radius 2 is 1.81 bits per heavy atom. The van der Waals surface area contributed by atoms with Crippen LogP contribution in [-0.2, 0) is 9.59 Å². The molecule has 0 fully saturated rings. The van der Waals surface area contributed by atoms with E-state index in [1.165, 1.54) is 25.1 Å². The van der Waals surface area contributed by atoms with Gasteiger partial charge in [0.15, 0.2) is 0 Å². The van der Waals surface area contributed by atoms with Crippen molar-refractivity contribution in [3.63, 3.8) is 0 Å². The van der Waals surface area contributed by atoms with Crippen LogP contribution in [0.25, 0.3) is 6.08 Å². The van der Waals surface area contributed by atoms with E-state index in [2.05, 4.69) is 10.6 Å². The summed E-state index contributed by atoms with van der Waals surface area (Å²) in [4.78, 5) is 23.1. The molecule has 0 spiro atoms. The number of anilines is 2. The van der Waals surface area contributed by atoms with Crippen molar-refractivity contribution in [1.29, 1.82) is 0 Å². The number of nitrogens with one attached hydrogen (secondary N) is 2. The highest BCUT2D eigenvalue weighted by molar-refractivity contribution is 7.99. The maximum atomic E-state index is 12.7. The standard InChI is InChI=1S/C18H15ClF2N2O2S/c1-11(24)22-13-8-5-12(6-9-13)7-10-16(25)23-15-4-2-3-14(19)17(15)26-18(20)21/h2-10,18H,1H3,(H,22,24)(H,23,25)/b10-7+. The highest BCUT2D eigenvalue weighted by Crippen LogP contribution is 2.37. The molecule has 2 rings (SSSR count). The monoisotopic (exact) mass is 396 g/mol. The molecule has 0 aliphatic rings. The number of carbonyl (C=O) groups excluding carboxylic acids is 2. The van der Waals surface area contributed by atoms with Crippen molar-refractivity contribution in [2.45, 2.75) is 17.6 Å². The highest BCUT2D eigenvalue weighted by Gasteiger charge is 2.14. The van der Waals surface area contributed by atoms with Gasteiger partial charge in [0.2, 0.25) is 11.8 Å². The fourth-order valence-electron chi connectivity index (χ4n) is 2.04. The third-order valence-electron chi connectivity index (χ3n) is 3.09. The first-order valence-corrected chi connectivity index (χ1v) is 8.71. The summed E-state index contributed by atoms with van der Waals surface area (Å²) in [6, 6.07) is 11.4. The largest absolute Gasteiger partial charge is 0.326 e. The van der Waals surface area contributed by atoms with Gasteiger partial charge in [-0.25, -0.2) is 0 Å². The molecule has 0 radical (unpaired) electrons. The zero-order valence-electron chi connectivity index (χ0n) is 13.6. The maximum absolute atomic E-state index is 12.7. The van der Waals surface area contributed by atoms with Crippen LogP contribution in [0.3, 0.4) is 0 Å². The zero-order chi connectivity index (χ0) is 19.1. The molecule has 2 aromatic carbocycles. The van der Waals surface area contributed by atoms with Crippen molar-refractivity contribution < 1.29 is 18.4 Å². The number of rotatable bonds is 6. The van der Waals surface area contributed by atoms with Gasteiger partial charge in [-0.1, -0.05) is 41.6 Å². The third kappa shape index (κ3) is 6.16. The van der Waals surface area contributed by atoms with Crippen molar-refractivity contribution in [2.75, 3.05) is 10.6 Å². The molecule has 2 amide bonds. The van der Waals surface area contributed by atoms with E-state index in [0.29, 0.717) is 5.69 Å². The van der Waals surface area contributed by atoms with E-state index in [0.717, 1.165) is 5.56 Å². The molecule has 0 unspecified atom stereocenters. The van der Waals surface area contributed by atoms with E-state index in [9.17, 15) is 18.4 Å². The topological polar surface area (TPSA) is 58.2 Å². The molecule has 8 heteroatoms. The Morgan fingerprint density at radius 1 is 1.12 bits per heavy atom. The van der Waals surface area contributed by atoms with Crippen molar-refractivity contribution in [1.82, 2.24) is 0 Å². The second-order valence-electron chi connectivity index (χ2n) is 5.12. The molecule has 136 valence electrons. The molecule has 2 N–H and O–H groups in total. The van der Waals surface area contributed by atoms with E-state index in [4.69, 9.17) is 11.6 Å². The number of carbonyl (C=O) groups is 2. The average molecular weight is 397 g/mol. The summed E-state index contributed by atoms with van der Waals surface area (Å²) in [5.41, 5.74) is 1.60. The number of amides is 2. The lowest BCUT2D eigenvalue weighted by molar-refractivity contribution is -0.114. The average Bonchev–Trinajstić information content (AvgIpc) is 2.56. The normalized spacial score (nSPS) is 11.0. The number of halogens is 3. The smallest absolute Gasteiger partial charge is 0.289 e. The molecule has 0 aliphatic carbocycles. The quantitative estimate of drug-likeness (QED) is 0.517. The molecule has 0 saturated heterocycles. The Balaban J connectivity index is 2.05. The molecule has 2 aromatic rings. The second kappa shape index (κ2) is 9.35. The molecule has 4 nitrogen and oxygen atoms in total. The van der Waals surface area contributed by atoms with E-state index in [1.54, 1.807) is 36.4 Å². The molecular formula is C18H15ClF2N2O2S. The summed E-state index contributed by atoms with van der Waals surface area (Å²) >= 11 is 6.20. The molecule has 0 aromatic heterocycles. The highest BCUT2D eigenvalue weighted by atomic mass is 35.5. The summed E-state index contributed by atoms with van der Waals surface area (Å²) in [5.74, 6) is -3.30. The van der Waals surface area contributed by atoms with Crippen LogP contribution in [0.4, 0.5) is 20.2 Å². The number of alkyl halides is 2. The summed E-state index contributed by atoms with van der Waals surface area (Å²) in [5, 5.41) is 5.33. The van der Waals surface area contributed by atoms with Crippen LogP contribution in [0.15, 0.2) is 53.4 Å². The first-order valence-electron chi connectivity index (χ1n) is 7.45. The number of thioether (sulfide) groups is 1.